The molecule has 116 valence electrons. The number of fused-ring (bicyclic) bond motifs is 1. The van der Waals surface area contributed by atoms with E-state index in [9.17, 15) is 9.59 Å². The highest BCUT2D eigenvalue weighted by atomic mass is 16.6. The van der Waals surface area contributed by atoms with Crippen LogP contribution in [0.4, 0.5) is 0 Å². The molecule has 4 atom stereocenters. The molecule has 1 saturated heterocycles. The van der Waals surface area contributed by atoms with Crippen LogP contribution in [-0.4, -0.2) is 24.1 Å². The molecule has 1 fully saturated rings. The van der Waals surface area contributed by atoms with E-state index in [4.69, 9.17) is 9.47 Å². The number of hydrogen-bond acceptors (Lipinski definition) is 4. The van der Waals surface area contributed by atoms with Gasteiger partial charge >= 0.3 is 11.9 Å². The maximum absolute atomic E-state index is 11.9. The Balaban J connectivity index is 2.29. The van der Waals surface area contributed by atoms with Crippen molar-refractivity contribution in [1.29, 1.82) is 0 Å². The first-order valence-electron chi connectivity index (χ1n) is 7.60. The van der Waals surface area contributed by atoms with Gasteiger partial charge in [-0.1, -0.05) is 18.6 Å². The van der Waals surface area contributed by atoms with Crippen LogP contribution in [0, 0.1) is 11.8 Å². The third-order valence-corrected chi connectivity index (χ3v) is 4.44. The zero-order valence-corrected chi connectivity index (χ0v) is 13.2. The third kappa shape index (κ3) is 3.74. The van der Waals surface area contributed by atoms with Gasteiger partial charge in [-0.15, -0.1) is 0 Å². The molecule has 0 saturated carbocycles. The summed E-state index contributed by atoms with van der Waals surface area (Å²) in [6.45, 7) is 7.38. The van der Waals surface area contributed by atoms with Crippen molar-refractivity contribution in [3.05, 3.63) is 23.3 Å². The van der Waals surface area contributed by atoms with Gasteiger partial charge in [0.1, 0.15) is 12.2 Å². The second kappa shape index (κ2) is 6.46. The standard InChI is InChI=1S/C17H24O4/c1-10-6-5-7-11(2)15(20-13(4)18)9-14-12(3)17(19)21-16(14)8-10/h7-8,12,14-16H,5-6,9H2,1-4H3/b10-8-,11-7-/t12-,14-,15-,16+/m0/s1. The van der Waals surface area contributed by atoms with E-state index >= 15 is 0 Å². The predicted molar refractivity (Wildman–Crippen MR) is 79.5 cm³/mol. The van der Waals surface area contributed by atoms with E-state index in [0.29, 0.717) is 6.42 Å². The van der Waals surface area contributed by atoms with Crippen molar-refractivity contribution in [2.45, 2.75) is 59.2 Å². The normalized spacial score (nSPS) is 38.4. The highest BCUT2D eigenvalue weighted by Gasteiger charge is 2.42. The molecule has 21 heavy (non-hydrogen) atoms. The van der Waals surface area contributed by atoms with Crippen molar-refractivity contribution >= 4 is 11.9 Å². The van der Waals surface area contributed by atoms with Crippen LogP contribution in [0.15, 0.2) is 23.3 Å². The number of esters is 2. The van der Waals surface area contributed by atoms with Crippen LogP contribution in [0.3, 0.4) is 0 Å². The van der Waals surface area contributed by atoms with E-state index < -0.39 is 0 Å². The molecular weight excluding hydrogens is 268 g/mol. The minimum absolute atomic E-state index is 0.0539. The number of carbonyl (C=O) groups excluding carboxylic acids is 2. The van der Waals surface area contributed by atoms with Crippen LogP contribution in [0.5, 0.6) is 0 Å². The van der Waals surface area contributed by atoms with Crippen molar-refractivity contribution in [2.24, 2.45) is 11.8 Å². The van der Waals surface area contributed by atoms with Gasteiger partial charge in [-0.2, -0.15) is 0 Å². The highest BCUT2D eigenvalue weighted by molar-refractivity contribution is 5.75. The lowest BCUT2D eigenvalue weighted by atomic mass is 9.83. The number of carbonyl (C=O) groups is 2. The fourth-order valence-corrected chi connectivity index (χ4v) is 3.08. The van der Waals surface area contributed by atoms with Gasteiger partial charge < -0.3 is 9.47 Å². The molecule has 1 aliphatic heterocycles. The van der Waals surface area contributed by atoms with Gasteiger partial charge in [-0.3, -0.25) is 9.59 Å². The Morgan fingerprint density at radius 3 is 2.76 bits per heavy atom. The monoisotopic (exact) mass is 292 g/mol. The average Bonchev–Trinajstić information content (AvgIpc) is 2.64. The summed E-state index contributed by atoms with van der Waals surface area (Å²) in [5, 5.41) is 0. The highest BCUT2D eigenvalue weighted by Crippen LogP contribution is 2.36. The summed E-state index contributed by atoms with van der Waals surface area (Å²) >= 11 is 0. The summed E-state index contributed by atoms with van der Waals surface area (Å²) in [4.78, 5) is 23.2. The van der Waals surface area contributed by atoms with Crippen LogP contribution in [0.1, 0.15) is 47.0 Å². The minimum Gasteiger partial charge on any atom is -0.458 e. The van der Waals surface area contributed by atoms with Crippen LogP contribution >= 0.6 is 0 Å². The Kier molecular flexibility index (Phi) is 4.86. The maximum atomic E-state index is 11.9. The molecule has 0 amide bonds. The van der Waals surface area contributed by atoms with Crippen LogP contribution in [0.2, 0.25) is 0 Å². The largest absolute Gasteiger partial charge is 0.458 e. The van der Waals surface area contributed by atoms with Gasteiger partial charge in [0.25, 0.3) is 0 Å². The average molecular weight is 292 g/mol. The molecule has 2 aliphatic rings. The second-order valence-electron chi connectivity index (χ2n) is 6.19. The minimum atomic E-state index is -0.286. The summed E-state index contributed by atoms with van der Waals surface area (Å²) in [6.07, 6.45) is 6.20. The predicted octanol–water partition coefficient (Wildman–Crippen LogP) is 3.17. The van der Waals surface area contributed by atoms with Gasteiger partial charge in [0.05, 0.1) is 5.92 Å². The molecule has 1 heterocycles. The lowest BCUT2D eigenvalue weighted by molar-refractivity contribution is -0.145. The summed E-state index contributed by atoms with van der Waals surface area (Å²) in [5.74, 6) is -0.551. The lowest BCUT2D eigenvalue weighted by Gasteiger charge is -2.25. The lowest BCUT2D eigenvalue weighted by Crippen LogP contribution is -2.28. The number of rotatable bonds is 1. The van der Waals surface area contributed by atoms with E-state index in [1.165, 1.54) is 12.5 Å². The molecule has 4 nitrogen and oxygen atoms in total. The fraction of sp³-hybridized carbons (Fsp3) is 0.647. The van der Waals surface area contributed by atoms with Crippen molar-refractivity contribution in [2.75, 3.05) is 0 Å². The van der Waals surface area contributed by atoms with E-state index in [-0.39, 0.29) is 36.0 Å². The topological polar surface area (TPSA) is 52.6 Å². The third-order valence-electron chi connectivity index (χ3n) is 4.44. The van der Waals surface area contributed by atoms with Crippen molar-refractivity contribution in [3.8, 4) is 0 Å². The molecule has 0 aromatic rings. The van der Waals surface area contributed by atoms with E-state index in [0.717, 1.165) is 18.4 Å². The molecule has 0 bridgehead atoms. The number of ether oxygens (including phenoxy) is 2. The van der Waals surface area contributed by atoms with E-state index in [1.807, 2.05) is 13.8 Å². The van der Waals surface area contributed by atoms with Gasteiger partial charge in [-0.25, -0.2) is 0 Å². The summed E-state index contributed by atoms with van der Waals surface area (Å²) in [7, 11) is 0. The molecule has 0 aromatic carbocycles. The molecule has 2 rings (SSSR count). The first-order valence-corrected chi connectivity index (χ1v) is 7.60. The second-order valence-corrected chi connectivity index (χ2v) is 6.19. The molecule has 0 spiro atoms. The van der Waals surface area contributed by atoms with Gasteiger partial charge in [-0.05, 0) is 44.8 Å². The SMILES string of the molecule is CC(=O)O[C@H]1C[C@H]2[C@H](C)C(=O)O[C@@H]2/C=C(/C)CC/C=C\1C. The molecule has 4 heteroatoms. The van der Waals surface area contributed by atoms with Crippen molar-refractivity contribution in [1.82, 2.24) is 0 Å². The van der Waals surface area contributed by atoms with Gasteiger partial charge in [0.15, 0.2) is 0 Å². The first-order chi connectivity index (χ1) is 9.88. The Labute approximate surface area is 126 Å². The van der Waals surface area contributed by atoms with Crippen LogP contribution in [0.25, 0.3) is 0 Å². The van der Waals surface area contributed by atoms with Crippen LogP contribution < -0.4 is 0 Å². The Bertz CT molecular complexity index is 489. The first kappa shape index (κ1) is 15.8. The molecule has 1 aliphatic carbocycles. The summed E-state index contributed by atoms with van der Waals surface area (Å²) in [5.41, 5.74) is 2.30. The maximum Gasteiger partial charge on any atom is 0.309 e. The van der Waals surface area contributed by atoms with E-state index in [1.54, 1.807) is 0 Å². The van der Waals surface area contributed by atoms with Gasteiger partial charge in [0.2, 0.25) is 0 Å². The Morgan fingerprint density at radius 1 is 1.38 bits per heavy atom. The zero-order valence-electron chi connectivity index (χ0n) is 13.2. The smallest absolute Gasteiger partial charge is 0.309 e. The number of hydrogen-bond donors (Lipinski definition) is 0. The fourth-order valence-electron chi connectivity index (χ4n) is 3.08. The van der Waals surface area contributed by atoms with E-state index in [2.05, 4.69) is 19.1 Å². The summed E-state index contributed by atoms with van der Waals surface area (Å²) < 4.78 is 11.0. The summed E-state index contributed by atoms with van der Waals surface area (Å²) in [6, 6.07) is 0. The zero-order chi connectivity index (χ0) is 15.6. The van der Waals surface area contributed by atoms with Crippen molar-refractivity contribution < 1.29 is 19.1 Å². The van der Waals surface area contributed by atoms with Gasteiger partial charge in [0, 0.05) is 12.8 Å². The van der Waals surface area contributed by atoms with Crippen molar-refractivity contribution in [3.63, 3.8) is 0 Å². The molecule has 0 radical (unpaired) electrons. The Hall–Kier alpha value is -1.58. The Morgan fingerprint density at radius 2 is 2.10 bits per heavy atom. The number of allylic oxidation sites excluding steroid dienone is 2. The van der Waals surface area contributed by atoms with Crippen LogP contribution in [-0.2, 0) is 19.1 Å². The quantitative estimate of drug-likeness (QED) is 0.550. The molecule has 0 aromatic heterocycles. The molecular formula is C17H24O4. The molecule has 0 N–H and O–H groups in total. The molecule has 0 unspecified atom stereocenters.